The lowest BCUT2D eigenvalue weighted by Crippen LogP contribution is -2.51. The molecular weight excluding hydrogens is 222 g/mol. The van der Waals surface area contributed by atoms with Crippen LogP contribution in [0.25, 0.3) is 0 Å². The van der Waals surface area contributed by atoms with Gasteiger partial charge >= 0.3 is 0 Å². The minimum atomic E-state index is -0.0724. The second kappa shape index (κ2) is 6.91. The Morgan fingerprint density at radius 3 is 2.28 bits per heavy atom. The molecule has 1 rings (SSSR count). The molecule has 0 aliphatic rings. The van der Waals surface area contributed by atoms with E-state index in [2.05, 4.69) is 50.4 Å². The summed E-state index contributed by atoms with van der Waals surface area (Å²) >= 11 is 0. The molecule has 2 nitrogen and oxygen atoms in total. The Morgan fingerprint density at radius 2 is 1.83 bits per heavy atom. The van der Waals surface area contributed by atoms with Crippen molar-refractivity contribution in [2.24, 2.45) is 0 Å². The van der Waals surface area contributed by atoms with Crippen LogP contribution in [0.5, 0.6) is 0 Å². The molecule has 18 heavy (non-hydrogen) atoms. The van der Waals surface area contributed by atoms with Crippen molar-refractivity contribution >= 4 is 0 Å². The number of methoxy groups -OCH3 is 1. The van der Waals surface area contributed by atoms with E-state index in [-0.39, 0.29) is 5.60 Å². The predicted octanol–water partition coefficient (Wildman–Crippen LogP) is 3.33. The van der Waals surface area contributed by atoms with E-state index in [1.165, 1.54) is 11.1 Å². The van der Waals surface area contributed by atoms with Gasteiger partial charge in [-0.3, -0.25) is 0 Å². The predicted molar refractivity (Wildman–Crippen MR) is 78.1 cm³/mol. The molecule has 0 aliphatic heterocycles. The maximum atomic E-state index is 5.84. The van der Waals surface area contributed by atoms with Crippen molar-refractivity contribution in [3.63, 3.8) is 0 Å². The van der Waals surface area contributed by atoms with E-state index in [0.29, 0.717) is 6.04 Å². The van der Waals surface area contributed by atoms with Gasteiger partial charge in [-0.1, -0.05) is 38.1 Å². The van der Waals surface area contributed by atoms with E-state index >= 15 is 0 Å². The van der Waals surface area contributed by atoms with Crippen molar-refractivity contribution in [1.82, 2.24) is 5.32 Å². The molecule has 1 N–H and O–H groups in total. The number of aryl methyl sites for hydroxylation is 1. The maximum Gasteiger partial charge on any atom is 0.0828 e. The summed E-state index contributed by atoms with van der Waals surface area (Å²) < 4.78 is 5.84. The number of ether oxygens (including phenoxy) is 1. The highest BCUT2D eigenvalue weighted by Gasteiger charge is 2.34. The third kappa shape index (κ3) is 3.12. The fourth-order valence-electron chi connectivity index (χ4n) is 2.78. The van der Waals surface area contributed by atoms with Crippen molar-refractivity contribution in [2.75, 3.05) is 14.2 Å². The van der Waals surface area contributed by atoms with E-state index in [0.717, 1.165) is 19.3 Å². The van der Waals surface area contributed by atoms with Crippen LogP contribution >= 0.6 is 0 Å². The third-order valence-electron chi connectivity index (χ3n) is 4.27. The summed E-state index contributed by atoms with van der Waals surface area (Å²) in [7, 11) is 3.86. The van der Waals surface area contributed by atoms with Crippen LogP contribution in [0.1, 0.15) is 37.8 Å². The molecule has 0 saturated carbocycles. The maximum absolute atomic E-state index is 5.84. The Kier molecular flexibility index (Phi) is 5.83. The fourth-order valence-corrected chi connectivity index (χ4v) is 2.78. The van der Waals surface area contributed by atoms with E-state index in [9.17, 15) is 0 Å². The first-order valence-corrected chi connectivity index (χ1v) is 6.90. The molecule has 0 amide bonds. The molecule has 1 aromatic carbocycles. The quantitative estimate of drug-likeness (QED) is 0.800. The molecule has 0 saturated heterocycles. The molecule has 1 aromatic rings. The number of nitrogens with one attached hydrogen (secondary N) is 1. The van der Waals surface area contributed by atoms with Crippen molar-refractivity contribution < 1.29 is 4.74 Å². The number of benzene rings is 1. The summed E-state index contributed by atoms with van der Waals surface area (Å²) in [5, 5.41) is 3.45. The molecule has 0 heterocycles. The zero-order valence-electron chi connectivity index (χ0n) is 12.4. The second-order valence-corrected chi connectivity index (χ2v) is 4.95. The average molecular weight is 249 g/mol. The van der Waals surface area contributed by atoms with Gasteiger partial charge in [-0.05, 0) is 44.4 Å². The van der Waals surface area contributed by atoms with Crippen LogP contribution in [0.4, 0.5) is 0 Å². The van der Waals surface area contributed by atoms with E-state index in [1.54, 1.807) is 0 Å². The molecule has 1 atom stereocenters. The van der Waals surface area contributed by atoms with Gasteiger partial charge in [0, 0.05) is 13.2 Å². The van der Waals surface area contributed by atoms with Crippen molar-refractivity contribution in [3.8, 4) is 0 Å². The highest BCUT2D eigenvalue weighted by Crippen LogP contribution is 2.27. The normalized spacial score (nSPS) is 13.6. The van der Waals surface area contributed by atoms with Gasteiger partial charge in [0.05, 0.1) is 5.60 Å². The van der Waals surface area contributed by atoms with Crippen LogP contribution < -0.4 is 5.32 Å². The Labute approximate surface area is 112 Å². The van der Waals surface area contributed by atoms with Crippen LogP contribution in [0, 0.1) is 6.92 Å². The van der Waals surface area contributed by atoms with Crippen LogP contribution in [0.15, 0.2) is 24.3 Å². The summed E-state index contributed by atoms with van der Waals surface area (Å²) in [4.78, 5) is 0. The molecular formula is C16H27NO. The molecule has 0 spiro atoms. The number of likely N-dealkylation sites (N-methyl/N-ethyl adjacent to an activating group) is 1. The first kappa shape index (κ1) is 15.2. The monoisotopic (exact) mass is 249 g/mol. The first-order valence-electron chi connectivity index (χ1n) is 6.90. The SMILES string of the molecule is CCC(CC)(OC)C(Cc1ccccc1C)NC. The summed E-state index contributed by atoms with van der Waals surface area (Å²) in [6.45, 7) is 6.58. The molecule has 0 radical (unpaired) electrons. The van der Waals surface area contributed by atoms with Gasteiger partial charge in [0.25, 0.3) is 0 Å². The topological polar surface area (TPSA) is 21.3 Å². The Hall–Kier alpha value is -0.860. The zero-order valence-corrected chi connectivity index (χ0v) is 12.4. The van der Waals surface area contributed by atoms with Crippen LogP contribution in [0.3, 0.4) is 0 Å². The molecule has 0 aliphatic carbocycles. The molecule has 0 bridgehead atoms. The van der Waals surface area contributed by atoms with Crippen LogP contribution in [-0.4, -0.2) is 25.8 Å². The van der Waals surface area contributed by atoms with E-state index < -0.39 is 0 Å². The Balaban J connectivity index is 2.94. The van der Waals surface area contributed by atoms with Crippen LogP contribution in [-0.2, 0) is 11.2 Å². The largest absolute Gasteiger partial charge is 0.377 e. The van der Waals surface area contributed by atoms with Gasteiger partial charge in [0.15, 0.2) is 0 Å². The number of hydrogen-bond donors (Lipinski definition) is 1. The fraction of sp³-hybridized carbons (Fsp3) is 0.625. The lowest BCUT2D eigenvalue weighted by atomic mass is 9.83. The molecule has 0 fully saturated rings. The van der Waals surface area contributed by atoms with E-state index in [4.69, 9.17) is 4.74 Å². The van der Waals surface area contributed by atoms with Crippen molar-refractivity contribution in [2.45, 2.75) is 51.7 Å². The summed E-state index contributed by atoms with van der Waals surface area (Å²) in [6, 6.07) is 8.94. The zero-order chi connectivity index (χ0) is 13.6. The second-order valence-electron chi connectivity index (χ2n) is 4.95. The minimum absolute atomic E-state index is 0.0724. The standard InChI is InChI=1S/C16H27NO/c1-6-16(7-2,18-5)15(17-4)12-14-11-9-8-10-13(14)3/h8-11,15,17H,6-7,12H2,1-5H3. The van der Waals surface area contributed by atoms with Gasteiger partial charge in [0.2, 0.25) is 0 Å². The highest BCUT2D eigenvalue weighted by molar-refractivity contribution is 5.27. The third-order valence-corrected chi connectivity index (χ3v) is 4.27. The van der Waals surface area contributed by atoms with Crippen molar-refractivity contribution in [1.29, 1.82) is 0 Å². The van der Waals surface area contributed by atoms with Crippen LogP contribution in [0.2, 0.25) is 0 Å². The first-order chi connectivity index (χ1) is 8.63. The van der Waals surface area contributed by atoms with Crippen molar-refractivity contribution in [3.05, 3.63) is 35.4 Å². The van der Waals surface area contributed by atoms with Gasteiger partial charge in [-0.2, -0.15) is 0 Å². The van der Waals surface area contributed by atoms with Gasteiger partial charge < -0.3 is 10.1 Å². The molecule has 1 unspecified atom stereocenters. The minimum Gasteiger partial charge on any atom is -0.377 e. The smallest absolute Gasteiger partial charge is 0.0828 e. The van der Waals surface area contributed by atoms with Gasteiger partial charge in [-0.25, -0.2) is 0 Å². The average Bonchev–Trinajstić information content (AvgIpc) is 2.42. The Morgan fingerprint density at radius 1 is 1.22 bits per heavy atom. The summed E-state index contributed by atoms with van der Waals surface area (Å²) in [5.74, 6) is 0. The molecule has 0 aromatic heterocycles. The summed E-state index contributed by atoms with van der Waals surface area (Å²) in [5.41, 5.74) is 2.69. The van der Waals surface area contributed by atoms with E-state index in [1.807, 2.05) is 14.2 Å². The Bertz CT molecular complexity index is 350. The number of hydrogen-bond acceptors (Lipinski definition) is 2. The molecule has 102 valence electrons. The highest BCUT2D eigenvalue weighted by atomic mass is 16.5. The lowest BCUT2D eigenvalue weighted by molar-refractivity contribution is -0.0454. The summed E-state index contributed by atoms with van der Waals surface area (Å²) in [6.07, 6.45) is 3.06. The molecule has 2 heteroatoms. The van der Waals surface area contributed by atoms with Gasteiger partial charge in [-0.15, -0.1) is 0 Å². The lowest BCUT2D eigenvalue weighted by Gasteiger charge is -2.38. The number of rotatable bonds is 7. The van der Waals surface area contributed by atoms with Gasteiger partial charge in [0.1, 0.15) is 0 Å².